The fourth-order valence-corrected chi connectivity index (χ4v) is 3.68. The molecule has 1 aliphatic rings. The van der Waals surface area contributed by atoms with Crippen LogP contribution in [0.15, 0.2) is 53.4 Å². The zero-order valence-corrected chi connectivity index (χ0v) is 16.9. The van der Waals surface area contributed by atoms with Gasteiger partial charge in [-0.15, -0.1) is 0 Å². The summed E-state index contributed by atoms with van der Waals surface area (Å²) in [7, 11) is 1.69. The van der Waals surface area contributed by atoms with E-state index in [0.717, 1.165) is 23.5 Å². The molecule has 0 spiro atoms. The molecular formula is C21H21NO3S2. The molecule has 0 radical (unpaired) electrons. The minimum atomic E-state index is -0.0565. The van der Waals surface area contributed by atoms with Crippen LogP contribution in [0.1, 0.15) is 17.5 Å². The topological polar surface area (TPSA) is 38.8 Å². The van der Waals surface area contributed by atoms with Crippen LogP contribution in [0.2, 0.25) is 0 Å². The lowest BCUT2D eigenvalue weighted by Crippen LogP contribution is -2.22. The largest absolute Gasteiger partial charge is 0.493 e. The number of hydrogen-bond donors (Lipinski definition) is 0. The van der Waals surface area contributed by atoms with E-state index in [4.69, 9.17) is 21.7 Å². The Morgan fingerprint density at radius 3 is 2.41 bits per heavy atom. The third-order valence-electron chi connectivity index (χ3n) is 3.98. The molecule has 0 aliphatic carbocycles. The van der Waals surface area contributed by atoms with Gasteiger partial charge >= 0.3 is 0 Å². The molecule has 27 heavy (non-hydrogen) atoms. The zero-order chi connectivity index (χ0) is 19.2. The predicted octanol–water partition coefficient (Wildman–Crippen LogP) is 4.67. The van der Waals surface area contributed by atoms with E-state index in [9.17, 15) is 4.79 Å². The third-order valence-corrected chi connectivity index (χ3v) is 5.46. The van der Waals surface area contributed by atoms with Crippen molar-refractivity contribution in [3.8, 4) is 11.5 Å². The fourth-order valence-electron chi connectivity index (χ4n) is 2.50. The summed E-state index contributed by atoms with van der Waals surface area (Å²) in [5.41, 5.74) is 2.13. The normalized spacial score (nSPS) is 15.5. The van der Waals surface area contributed by atoms with Gasteiger partial charge < -0.3 is 9.47 Å². The van der Waals surface area contributed by atoms with Crippen molar-refractivity contribution in [2.45, 2.75) is 13.3 Å². The molecule has 0 N–H and O–H groups in total. The van der Waals surface area contributed by atoms with Crippen LogP contribution in [0.4, 0.5) is 0 Å². The smallest absolute Gasteiger partial charge is 0.265 e. The van der Waals surface area contributed by atoms with Crippen LogP contribution in [0.5, 0.6) is 11.5 Å². The van der Waals surface area contributed by atoms with Gasteiger partial charge in [-0.2, -0.15) is 0 Å². The van der Waals surface area contributed by atoms with Gasteiger partial charge in [-0.25, -0.2) is 0 Å². The number of hydrogen-bond acceptors (Lipinski definition) is 5. The molecule has 1 amide bonds. The van der Waals surface area contributed by atoms with Crippen molar-refractivity contribution >= 4 is 40.3 Å². The van der Waals surface area contributed by atoms with E-state index >= 15 is 0 Å². The summed E-state index contributed by atoms with van der Waals surface area (Å²) in [5, 5.41) is 0. The Labute approximate surface area is 169 Å². The number of ether oxygens (including phenoxy) is 2. The highest BCUT2D eigenvalue weighted by Crippen LogP contribution is 2.31. The highest BCUT2D eigenvalue weighted by molar-refractivity contribution is 8.26. The second-order valence-corrected chi connectivity index (χ2v) is 7.85. The maximum Gasteiger partial charge on any atom is 0.265 e. The first-order valence-electron chi connectivity index (χ1n) is 8.67. The van der Waals surface area contributed by atoms with Crippen LogP contribution < -0.4 is 9.47 Å². The molecular weight excluding hydrogens is 378 g/mol. The van der Waals surface area contributed by atoms with Gasteiger partial charge in [0.1, 0.15) is 15.8 Å². The second kappa shape index (κ2) is 9.06. The Balaban J connectivity index is 1.44. The van der Waals surface area contributed by atoms with Gasteiger partial charge in [0, 0.05) is 13.5 Å². The van der Waals surface area contributed by atoms with Crippen molar-refractivity contribution in [1.29, 1.82) is 0 Å². The molecule has 4 nitrogen and oxygen atoms in total. The number of carbonyl (C=O) groups is 1. The summed E-state index contributed by atoms with van der Waals surface area (Å²) < 4.78 is 12.0. The molecule has 0 unspecified atom stereocenters. The average molecular weight is 400 g/mol. The van der Waals surface area contributed by atoms with E-state index < -0.39 is 0 Å². The Kier molecular flexibility index (Phi) is 6.53. The Bertz CT molecular complexity index is 862. The number of nitrogens with zero attached hydrogens (tertiary/aromatic N) is 1. The predicted molar refractivity (Wildman–Crippen MR) is 114 cm³/mol. The third kappa shape index (κ3) is 5.34. The van der Waals surface area contributed by atoms with Crippen LogP contribution in [0.3, 0.4) is 0 Å². The standard InChI is InChI=1S/C21H21NO3S2/c1-15-5-3-6-18(13-15)25-12-4-11-24-17-9-7-16(8-10-17)14-19-20(23)22(2)21(26)27-19/h3,5-10,13-14H,4,11-12H2,1-2H3/b19-14-. The monoisotopic (exact) mass is 399 g/mol. The lowest BCUT2D eigenvalue weighted by Gasteiger charge is -2.08. The van der Waals surface area contributed by atoms with Crippen molar-refractivity contribution in [1.82, 2.24) is 4.90 Å². The molecule has 0 saturated carbocycles. The van der Waals surface area contributed by atoms with Crippen molar-refractivity contribution in [3.05, 3.63) is 64.6 Å². The Hall–Kier alpha value is -2.31. The summed E-state index contributed by atoms with van der Waals surface area (Å²) >= 11 is 6.46. The van der Waals surface area contributed by atoms with E-state index in [1.54, 1.807) is 7.05 Å². The number of benzene rings is 2. The summed E-state index contributed by atoms with van der Waals surface area (Å²) in [6, 6.07) is 15.7. The van der Waals surface area contributed by atoms with Gasteiger partial charge in [0.05, 0.1) is 18.1 Å². The first kappa shape index (κ1) is 19.5. The molecule has 2 aromatic carbocycles. The second-order valence-electron chi connectivity index (χ2n) is 6.18. The van der Waals surface area contributed by atoms with E-state index in [-0.39, 0.29) is 5.91 Å². The van der Waals surface area contributed by atoms with Gasteiger partial charge in [0.25, 0.3) is 5.91 Å². The van der Waals surface area contributed by atoms with Crippen molar-refractivity contribution in [3.63, 3.8) is 0 Å². The Morgan fingerprint density at radius 1 is 1.07 bits per heavy atom. The van der Waals surface area contributed by atoms with Crippen LogP contribution in [-0.4, -0.2) is 35.4 Å². The molecule has 1 fully saturated rings. The molecule has 6 heteroatoms. The number of thioether (sulfide) groups is 1. The molecule has 1 aliphatic heterocycles. The minimum absolute atomic E-state index is 0.0565. The van der Waals surface area contributed by atoms with Crippen LogP contribution in [-0.2, 0) is 4.79 Å². The van der Waals surface area contributed by atoms with E-state index in [1.165, 1.54) is 22.2 Å². The average Bonchev–Trinajstić information content (AvgIpc) is 2.90. The van der Waals surface area contributed by atoms with Gasteiger partial charge in [0.2, 0.25) is 0 Å². The zero-order valence-electron chi connectivity index (χ0n) is 15.3. The highest BCUT2D eigenvalue weighted by atomic mass is 32.2. The maximum absolute atomic E-state index is 12.0. The molecule has 1 heterocycles. The molecule has 0 aromatic heterocycles. The number of likely N-dealkylation sites (N-methyl/N-ethyl adjacent to an activating group) is 1. The molecule has 3 rings (SSSR count). The quantitative estimate of drug-likeness (QED) is 0.384. The number of amides is 1. The molecule has 0 atom stereocenters. The fraction of sp³-hybridized carbons (Fsp3) is 0.238. The SMILES string of the molecule is Cc1cccc(OCCCOc2ccc(/C=C3\SC(=S)N(C)C3=O)cc2)c1. The van der Waals surface area contributed by atoms with Gasteiger partial charge in [-0.05, 0) is 48.4 Å². The van der Waals surface area contributed by atoms with Gasteiger partial charge in [0.15, 0.2) is 0 Å². The summed E-state index contributed by atoms with van der Waals surface area (Å²) in [5.74, 6) is 1.63. The summed E-state index contributed by atoms with van der Waals surface area (Å²) in [6.07, 6.45) is 2.65. The van der Waals surface area contributed by atoms with Crippen LogP contribution >= 0.6 is 24.0 Å². The lowest BCUT2D eigenvalue weighted by molar-refractivity contribution is -0.121. The van der Waals surface area contributed by atoms with Crippen molar-refractivity contribution in [2.24, 2.45) is 0 Å². The number of rotatable bonds is 7. The van der Waals surface area contributed by atoms with E-state index in [1.807, 2.05) is 61.5 Å². The highest BCUT2D eigenvalue weighted by Gasteiger charge is 2.28. The van der Waals surface area contributed by atoms with Crippen molar-refractivity contribution in [2.75, 3.05) is 20.3 Å². The maximum atomic E-state index is 12.0. The first-order valence-corrected chi connectivity index (χ1v) is 9.89. The molecule has 1 saturated heterocycles. The molecule has 0 bridgehead atoms. The number of aryl methyl sites for hydroxylation is 1. The van der Waals surface area contributed by atoms with Gasteiger partial charge in [-0.1, -0.05) is 48.2 Å². The Morgan fingerprint density at radius 2 is 1.78 bits per heavy atom. The first-order chi connectivity index (χ1) is 13.0. The molecule has 2 aromatic rings. The number of carbonyl (C=O) groups excluding carboxylic acids is 1. The summed E-state index contributed by atoms with van der Waals surface area (Å²) in [6.45, 7) is 3.24. The minimum Gasteiger partial charge on any atom is -0.493 e. The summed E-state index contributed by atoms with van der Waals surface area (Å²) in [4.78, 5) is 14.2. The lowest BCUT2D eigenvalue weighted by atomic mass is 10.2. The van der Waals surface area contributed by atoms with Gasteiger partial charge in [-0.3, -0.25) is 9.69 Å². The van der Waals surface area contributed by atoms with E-state index in [0.29, 0.717) is 22.4 Å². The molecule has 140 valence electrons. The number of thiocarbonyl (C=S) groups is 1. The van der Waals surface area contributed by atoms with Crippen molar-refractivity contribution < 1.29 is 14.3 Å². The van der Waals surface area contributed by atoms with Crippen LogP contribution in [0, 0.1) is 6.92 Å². The van der Waals surface area contributed by atoms with E-state index in [2.05, 4.69) is 0 Å². The van der Waals surface area contributed by atoms with Crippen LogP contribution in [0.25, 0.3) is 6.08 Å².